The van der Waals surface area contributed by atoms with Crippen LogP contribution in [-0.4, -0.2) is 23.2 Å². The first-order valence-electron chi connectivity index (χ1n) is 7.65. The van der Waals surface area contributed by atoms with Gasteiger partial charge in [-0.15, -0.1) is 0 Å². The second-order valence-corrected chi connectivity index (χ2v) is 5.65. The first-order valence-corrected chi connectivity index (χ1v) is 7.65. The van der Waals surface area contributed by atoms with Crippen molar-refractivity contribution in [1.29, 1.82) is 0 Å². The van der Waals surface area contributed by atoms with Crippen LogP contribution in [0.25, 0.3) is 0 Å². The second-order valence-electron chi connectivity index (χ2n) is 5.65. The molecule has 0 bridgehead atoms. The molecule has 4 heteroatoms. The van der Waals surface area contributed by atoms with Gasteiger partial charge in [-0.2, -0.15) is 0 Å². The number of hydrogen-bond acceptors (Lipinski definition) is 3. The highest BCUT2D eigenvalue weighted by molar-refractivity contribution is 5.32. The summed E-state index contributed by atoms with van der Waals surface area (Å²) < 4.78 is 7.58. The Morgan fingerprint density at radius 1 is 1.24 bits per heavy atom. The Labute approximate surface area is 125 Å². The van der Waals surface area contributed by atoms with Gasteiger partial charge >= 0.3 is 0 Å². The fourth-order valence-corrected chi connectivity index (χ4v) is 3.33. The van der Waals surface area contributed by atoms with Crippen molar-refractivity contribution in [1.82, 2.24) is 9.55 Å². The van der Waals surface area contributed by atoms with E-state index in [1.807, 2.05) is 12.1 Å². The molecule has 1 aromatic carbocycles. The van der Waals surface area contributed by atoms with Crippen molar-refractivity contribution in [3.05, 3.63) is 47.0 Å². The molecule has 0 saturated carbocycles. The predicted molar refractivity (Wildman–Crippen MR) is 83.8 cm³/mol. The molecule has 0 spiro atoms. The van der Waals surface area contributed by atoms with Crippen molar-refractivity contribution in [2.24, 2.45) is 5.73 Å². The van der Waals surface area contributed by atoms with Crippen LogP contribution in [0.1, 0.15) is 41.7 Å². The van der Waals surface area contributed by atoms with Gasteiger partial charge in [0.05, 0.1) is 18.8 Å². The summed E-state index contributed by atoms with van der Waals surface area (Å²) in [7, 11) is 1.69. The first kappa shape index (κ1) is 14.1. The molecular weight excluding hydrogens is 262 g/mol. The van der Waals surface area contributed by atoms with Crippen LogP contribution in [-0.2, 0) is 12.8 Å². The summed E-state index contributed by atoms with van der Waals surface area (Å²) in [6.07, 6.45) is 4.71. The van der Waals surface area contributed by atoms with Crippen molar-refractivity contribution in [3.63, 3.8) is 0 Å². The standard InChI is InChI=1S/C17H23N3O/c1-12-19-15-5-3-4-6-16(15)20(12)17(11-18)13-7-9-14(21-2)10-8-13/h7-10,17H,3-6,11,18H2,1-2H3. The maximum Gasteiger partial charge on any atom is 0.118 e. The van der Waals surface area contributed by atoms with E-state index < -0.39 is 0 Å². The lowest BCUT2D eigenvalue weighted by molar-refractivity contribution is 0.414. The number of benzene rings is 1. The van der Waals surface area contributed by atoms with Gasteiger partial charge in [-0.05, 0) is 50.3 Å². The Morgan fingerprint density at radius 2 is 1.95 bits per heavy atom. The van der Waals surface area contributed by atoms with E-state index in [-0.39, 0.29) is 6.04 Å². The fourth-order valence-electron chi connectivity index (χ4n) is 3.33. The predicted octanol–water partition coefficient (Wildman–Crippen LogP) is 2.63. The SMILES string of the molecule is COc1ccc(C(CN)n2c(C)nc3c2CCCC3)cc1. The molecule has 0 amide bonds. The zero-order chi connectivity index (χ0) is 14.8. The van der Waals surface area contributed by atoms with Crippen LogP contribution in [0.2, 0.25) is 0 Å². The molecule has 0 radical (unpaired) electrons. The van der Waals surface area contributed by atoms with E-state index in [4.69, 9.17) is 15.5 Å². The quantitative estimate of drug-likeness (QED) is 0.939. The Bertz CT molecular complexity index is 616. The van der Waals surface area contributed by atoms with E-state index in [0.29, 0.717) is 6.54 Å². The average molecular weight is 285 g/mol. The number of methoxy groups -OCH3 is 1. The van der Waals surface area contributed by atoms with E-state index in [0.717, 1.165) is 24.4 Å². The Kier molecular flexibility index (Phi) is 3.97. The molecule has 112 valence electrons. The van der Waals surface area contributed by atoms with Gasteiger partial charge in [-0.25, -0.2) is 4.98 Å². The Morgan fingerprint density at radius 3 is 2.62 bits per heavy atom. The Balaban J connectivity index is 2.01. The summed E-state index contributed by atoms with van der Waals surface area (Å²) in [5.41, 5.74) is 9.95. The molecule has 1 heterocycles. The number of aryl methyl sites for hydroxylation is 2. The molecule has 1 aromatic heterocycles. The van der Waals surface area contributed by atoms with Gasteiger partial charge in [0.25, 0.3) is 0 Å². The minimum absolute atomic E-state index is 0.158. The average Bonchev–Trinajstić information content (AvgIpc) is 2.85. The summed E-state index contributed by atoms with van der Waals surface area (Å²) in [5, 5.41) is 0. The van der Waals surface area contributed by atoms with Gasteiger partial charge in [0.15, 0.2) is 0 Å². The van der Waals surface area contributed by atoms with Crippen LogP contribution in [0, 0.1) is 6.92 Å². The van der Waals surface area contributed by atoms with E-state index in [1.54, 1.807) is 7.11 Å². The smallest absolute Gasteiger partial charge is 0.118 e. The summed E-state index contributed by atoms with van der Waals surface area (Å²) in [6, 6.07) is 8.36. The molecule has 3 rings (SSSR count). The highest BCUT2D eigenvalue weighted by atomic mass is 16.5. The van der Waals surface area contributed by atoms with Crippen molar-refractivity contribution in [2.45, 2.75) is 38.6 Å². The number of aromatic nitrogens is 2. The van der Waals surface area contributed by atoms with Gasteiger partial charge < -0.3 is 15.0 Å². The van der Waals surface area contributed by atoms with Gasteiger partial charge in [0.1, 0.15) is 11.6 Å². The molecule has 2 N–H and O–H groups in total. The third-order valence-electron chi connectivity index (χ3n) is 4.38. The molecule has 1 aliphatic carbocycles. The lowest BCUT2D eigenvalue weighted by atomic mass is 9.99. The molecule has 1 aliphatic rings. The van der Waals surface area contributed by atoms with Crippen LogP contribution < -0.4 is 10.5 Å². The molecule has 4 nitrogen and oxygen atoms in total. The van der Waals surface area contributed by atoms with Crippen LogP contribution in [0.3, 0.4) is 0 Å². The van der Waals surface area contributed by atoms with Gasteiger partial charge in [0.2, 0.25) is 0 Å². The van der Waals surface area contributed by atoms with E-state index in [2.05, 4.69) is 23.6 Å². The van der Waals surface area contributed by atoms with Crippen LogP contribution in [0.15, 0.2) is 24.3 Å². The largest absolute Gasteiger partial charge is 0.497 e. The third kappa shape index (κ3) is 2.56. The van der Waals surface area contributed by atoms with Crippen molar-refractivity contribution in [2.75, 3.05) is 13.7 Å². The topological polar surface area (TPSA) is 53.1 Å². The minimum Gasteiger partial charge on any atom is -0.497 e. The van der Waals surface area contributed by atoms with E-state index >= 15 is 0 Å². The lowest BCUT2D eigenvalue weighted by Gasteiger charge is -2.23. The Hall–Kier alpha value is -1.81. The molecular formula is C17H23N3O. The van der Waals surface area contributed by atoms with Crippen LogP contribution in [0.4, 0.5) is 0 Å². The number of nitrogens with two attached hydrogens (primary N) is 1. The molecule has 0 fully saturated rings. The number of imidazole rings is 1. The zero-order valence-corrected chi connectivity index (χ0v) is 12.8. The number of nitrogens with zero attached hydrogens (tertiary/aromatic N) is 2. The minimum atomic E-state index is 0.158. The van der Waals surface area contributed by atoms with E-state index in [9.17, 15) is 0 Å². The number of hydrogen-bond donors (Lipinski definition) is 1. The van der Waals surface area contributed by atoms with Gasteiger partial charge in [-0.1, -0.05) is 12.1 Å². The summed E-state index contributed by atoms with van der Waals surface area (Å²) >= 11 is 0. The van der Waals surface area contributed by atoms with Crippen LogP contribution in [0.5, 0.6) is 5.75 Å². The van der Waals surface area contributed by atoms with Crippen LogP contribution >= 0.6 is 0 Å². The maximum atomic E-state index is 6.09. The summed E-state index contributed by atoms with van der Waals surface area (Å²) in [5.74, 6) is 1.95. The monoisotopic (exact) mass is 285 g/mol. The highest BCUT2D eigenvalue weighted by Gasteiger charge is 2.23. The molecule has 0 aliphatic heterocycles. The number of fused-ring (bicyclic) bond motifs is 1. The molecule has 0 saturated heterocycles. The van der Waals surface area contributed by atoms with Crippen molar-refractivity contribution < 1.29 is 4.74 Å². The molecule has 1 atom stereocenters. The van der Waals surface area contributed by atoms with E-state index in [1.165, 1.54) is 29.8 Å². The first-order chi connectivity index (χ1) is 10.2. The molecule has 2 aromatic rings. The van der Waals surface area contributed by atoms with Gasteiger partial charge in [-0.3, -0.25) is 0 Å². The molecule has 21 heavy (non-hydrogen) atoms. The number of rotatable bonds is 4. The normalized spacial score (nSPS) is 15.6. The van der Waals surface area contributed by atoms with Crippen molar-refractivity contribution in [3.8, 4) is 5.75 Å². The summed E-state index contributed by atoms with van der Waals surface area (Å²) in [6.45, 7) is 2.67. The lowest BCUT2D eigenvalue weighted by Crippen LogP contribution is -2.24. The van der Waals surface area contributed by atoms with Crippen molar-refractivity contribution >= 4 is 0 Å². The zero-order valence-electron chi connectivity index (χ0n) is 12.8. The molecule has 1 unspecified atom stereocenters. The fraction of sp³-hybridized carbons (Fsp3) is 0.471. The maximum absolute atomic E-state index is 6.09. The summed E-state index contributed by atoms with van der Waals surface area (Å²) in [4.78, 5) is 4.76. The third-order valence-corrected chi connectivity index (χ3v) is 4.38. The highest BCUT2D eigenvalue weighted by Crippen LogP contribution is 2.29. The second kappa shape index (κ2) is 5.90. The number of ether oxygens (including phenoxy) is 1. The van der Waals surface area contributed by atoms with Gasteiger partial charge in [0, 0.05) is 12.2 Å².